The summed E-state index contributed by atoms with van der Waals surface area (Å²) in [6, 6.07) is 0. The zero-order valence-electron chi connectivity index (χ0n) is 9.96. The molecule has 0 amide bonds. The maximum atomic E-state index is 5.63. The minimum atomic E-state index is 0.209. The molecule has 2 heteroatoms. The SMILES string of the molecule is CC1OCCC1(C)NCC1CC=CCC1. The fraction of sp³-hybridized carbons (Fsp3) is 0.846. The van der Waals surface area contributed by atoms with Crippen molar-refractivity contribution < 1.29 is 4.74 Å². The van der Waals surface area contributed by atoms with Crippen molar-refractivity contribution in [2.75, 3.05) is 13.2 Å². The minimum absolute atomic E-state index is 0.209. The Balaban J connectivity index is 1.79. The first-order chi connectivity index (χ1) is 7.21. The zero-order valence-corrected chi connectivity index (χ0v) is 9.96. The van der Waals surface area contributed by atoms with Gasteiger partial charge in [-0.3, -0.25) is 0 Å². The minimum Gasteiger partial charge on any atom is -0.377 e. The molecule has 0 aromatic rings. The van der Waals surface area contributed by atoms with Gasteiger partial charge in [0.2, 0.25) is 0 Å². The van der Waals surface area contributed by atoms with Crippen LogP contribution in [0.15, 0.2) is 12.2 Å². The molecule has 0 radical (unpaired) electrons. The molecule has 15 heavy (non-hydrogen) atoms. The highest BCUT2D eigenvalue weighted by molar-refractivity contribution is 4.96. The van der Waals surface area contributed by atoms with E-state index in [0.29, 0.717) is 6.10 Å². The highest BCUT2D eigenvalue weighted by Gasteiger charge is 2.36. The second kappa shape index (κ2) is 4.67. The molecule has 1 N–H and O–H groups in total. The molecule has 3 atom stereocenters. The molecule has 3 unspecified atom stereocenters. The Morgan fingerprint density at radius 1 is 1.47 bits per heavy atom. The van der Waals surface area contributed by atoms with Crippen molar-refractivity contribution in [2.24, 2.45) is 5.92 Å². The summed E-state index contributed by atoms with van der Waals surface area (Å²) in [6.45, 7) is 6.54. The van der Waals surface area contributed by atoms with E-state index in [2.05, 4.69) is 31.3 Å². The van der Waals surface area contributed by atoms with Crippen molar-refractivity contribution in [3.8, 4) is 0 Å². The fourth-order valence-corrected chi connectivity index (χ4v) is 2.49. The molecule has 1 fully saturated rings. The van der Waals surface area contributed by atoms with Gasteiger partial charge in [0.25, 0.3) is 0 Å². The molecule has 0 saturated carbocycles. The van der Waals surface area contributed by atoms with E-state index in [1.807, 2.05) is 0 Å². The van der Waals surface area contributed by atoms with Gasteiger partial charge in [-0.2, -0.15) is 0 Å². The first-order valence-corrected chi connectivity index (χ1v) is 6.22. The Morgan fingerprint density at radius 2 is 2.33 bits per heavy atom. The lowest BCUT2D eigenvalue weighted by molar-refractivity contribution is 0.0869. The van der Waals surface area contributed by atoms with Crippen LogP contribution in [-0.4, -0.2) is 24.8 Å². The first kappa shape index (κ1) is 11.2. The molecule has 1 saturated heterocycles. The average Bonchev–Trinajstić information content (AvgIpc) is 2.59. The predicted molar refractivity (Wildman–Crippen MR) is 62.9 cm³/mol. The van der Waals surface area contributed by atoms with Crippen molar-refractivity contribution in [3.63, 3.8) is 0 Å². The monoisotopic (exact) mass is 209 g/mol. The Hall–Kier alpha value is -0.340. The fourth-order valence-electron chi connectivity index (χ4n) is 2.49. The van der Waals surface area contributed by atoms with Crippen LogP contribution in [0.25, 0.3) is 0 Å². The standard InChI is InChI=1S/C13H23NO/c1-11-13(2,8-9-15-11)14-10-12-6-4-3-5-7-12/h3-4,11-12,14H,5-10H2,1-2H3. The van der Waals surface area contributed by atoms with Crippen LogP contribution in [0, 0.1) is 5.92 Å². The molecule has 0 aromatic carbocycles. The van der Waals surface area contributed by atoms with Crippen molar-refractivity contribution >= 4 is 0 Å². The molecular weight excluding hydrogens is 186 g/mol. The number of nitrogens with one attached hydrogen (secondary N) is 1. The van der Waals surface area contributed by atoms with E-state index in [-0.39, 0.29) is 5.54 Å². The largest absolute Gasteiger partial charge is 0.377 e. The van der Waals surface area contributed by atoms with Crippen molar-refractivity contribution in [1.82, 2.24) is 5.32 Å². The van der Waals surface area contributed by atoms with E-state index in [1.165, 1.54) is 19.3 Å². The smallest absolute Gasteiger partial charge is 0.0726 e. The average molecular weight is 209 g/mol. The van der Waals surface area contributed by atoms with Crippen molar-refractivity contribution in [1.29, 1.82) is 0 Å². The molecule has 1 aliphatic carbocycles. The summed E-state index contributed by atoms with van der Waals surface area (Å²) in [5.74, 6) is 0.833. The van der Waals surface area contributed by atoms with E-state index in [4.69, 9.17) is 4.74 Å². The van der Waals surface area contributed by atoms with E-state index >= 15 is 0 Å². The summed E-state index contributed by atoms with van der Waals surface area (Å²) < 4.78 is 5.63. The first-order valence-electron chi connectivity index (χ1n) is 6.22. The number of hydrogen-bond acceptors (Lipinski definition) is 2. The number of rotatable bonds is 3. The Kier molecular flexibility index (Phi) is 3.47. The molecule has 2 nitrogen and oxygen atoms in total. The third-order valence-corrected chi connectivity index (χ3v) is 4.06. The van der Waals surface area contributed by atoms with Gasteiger partial charge in [-0.25, -0.2) is 0 Å². The van der Waals surface area contributed by atoms with Gasteiger partial charge in [-0.05, 0) is 52.0 Å². The molecule has 2 rings (SSSR count). The lowest BCUT2D eigenvalue weighted by Crippen LogP contribution is -2.49. The summed E-state index contributed by atoms with van der Waals surface area (Å²) in [5, 5.41) is 3.72. The topological polar surface area (TPSA) is 21.3 Å². The van der Waals surface area contributed by atoms with Crippen molar-refractivity contribution in [2.45, 2.75) is 51.2 Å². The zero-order chi connectivity index (χ0) is 10.7. The van der Waals surface area contributed by atoms with Gasteiger partial charge in [0.15, 0.2) is 0 Å². The molecular formula is C13H23NO. The summed E-state index contributed by atoms with van der Waals surface area (Å²) in [5.41, 5.74) is 0.209. The molecule has 0 aromatic heterocycles. The summed E-state index contributed by atoms with van der Waals surface area (Å²) in [6.07, 6.45) is 9.99. The summed E-state index contributed by atoms with van der Waals surface area (Å²) >= 11 is 0. The highest BCUT2D eigenvalue weighted by Crippen LogP contribution is 2.26. The normalized spacial score (nSPS) is 40.9. The van der Waals surface area contributed by atoms with Gasteiger partial charge in [0.05, 0.1) is 6.10 Å². The van der Waals surface area contributed by atoms with Crippen LogP contribution in [0.3, 0.4) is 0 Å². The van der Waals surface area contributed by atoms with Gasteiger partial charge >= 0.3 is 0 Å². The third-order valence-electron chi connectivity index (χ3n) is 4.06. The maximum absolute atomic E-state index is 5.63. The lowest BCUT2D eigenvalue weighted by atomic mass is 9.90. The second-order valence-electron chi connectivity index (χ2n) is 5.21. The number of hydrogen-bond donors (Lipinski definition) is 1. The van der Waals surface area contributed by atoms with Crippen LogP contribution in [0.2, 0.25) is 0 Å². The van der Waals surface area contributed by atoms with Gasteiger partial charge in [0, 0.05) is 12.1 Å². The van der Waals surface area contributed by atoms with Crippen LogP contribution >= 0.6 is 0 Å². The highest BCUT2D eigenvalue weighted by atomic mass is 16.5. The number of allylic oxidation sites excluding steroid dienone is 2. The van der Waals surface area contributed by atoms with E-state index in [1.54, 1.807) is 0 Å². The molecule has 86 valence electrons. The quantitative estimate of drug-likeness (QED) is 0.721. The predicted octanol–water partition coefficient (Wildman–Crippen LogP) is 2.50. The van der Waals surface area contributed by atoms with E-state index < -0.39 is 0 Å². The van der Waals surface area contributed by atoms with Crippen LogP contribution in [0.1, 0.15) is 39.5 Å². The maximum Gasteiger partial charge on any atom is 0.0726 e. The van der Waals surface area contributed by atoms with Gasteiger partial charge in [-0.15, -0.1) is 0 Å². The summed E-state index contributed by atoms with van der Waals surface area (Å²) in [7, 11) is 0. The van der Waals surface area contributed by atoms with Gasteiger partial charge in [0.1, 0.15) is 0 Å². The van der Waals surface area contributed by atoms with Gasteiger partial charge < -0.3 is 10.1 Å². The Bertz CT molecular complexity index is 239. The molecule has 0 bridgehead atoms. The molecule has 2 aliphatic rings. The van der Waals surface area contributed by atoms with Crippen LogP contribution in [0.5, 0.6) is 0 Å². The molecule has 1 heterocycles. The van der Waals surface area contributed by atoms with Gasteiger partial charge in [-0.1, -0.05) is 12.2 Å². The van der Waals surface area contributed by atoms with E-state index in [9.17, 15) is 0 Å². The summed E-state index contributed by atoms with van der Waals surface area (Å²) in [4.78, 5) is 0. The third kappa shape index (κ3) is 2.61. The Labute approximate surface area is 93.1 Å². The second-order valence-corrected chi connectivity index (χ2v) is 5.21. The molecule has 0 spiro atoms. The molecule has 1 aliphatic heterocycles. The van der Waals surface area contributed by atoms with Crippen molar-refractivity contribution in [3.05, 3.63) is 12.2 Å². The Morgan fingerprint density at radius 3 is 2.93 bits per heavy atom. The van der Waals surface area contributed by atoms with Crippen LogP contribution in [0.4, 0.5) is 0 Å². The number of ether oxygens (including phenoxy) is 1. The van der Waals surface area contributed by atoms with Crippen LogP contribution < -0.4 is 5.32 Å². The lowest BCUT2D eigenvalue weighted by Gasteiger charge is -2.31. The van der Waals surface area contributed by atoms with Crippen LogP contribution in [-0.2, 0) is 4.74 Å². The van der Waals surface area contributed by atoms with E-state index in [0.717, 1.165) is 25.5 Å².